The number of primary amides is 1. The zero-order valence-electron chi connectivity index (χ0n) is 11.6. The lowest BCUT2D eigenvalue weighted by Gasteiger charge is -2.31. The van der Waals surface area contributed by atoms with E-state index in [2.05, 4.69) is 10.6 Å². The SMILES string of the molecule is Cc1cccc(NC(=O)C(C)C2CNC2)c1C(N)=O.Cl. The fourth-order valence-corrected chi connectivity index (χ4v) is 2.22. The summed E-state index contributed by atoms with van der Waals surface area (Å²) in [5.41, 5.74) is 7.01. The van der Waals surface area contributed by atoms with Gasteiger partial charge in [0.1, 0.15) is 0 Å². The van der Waals surface area contributed by atoms with E-state index < -0.39 is 5.91 Å². The zero-order chi connectivity index (χ0) is 14.0. The van der Waals surface area contributed by atoms with Crippen LogP contribution in [0.2, 0.25) is 0 Å². The molecule has 1 saturated heterocycles. The van der Waals surface area contributed by atoms with E-state index in [0.29, 0.717) is 17.2 Å². The highest BCUT2D eigenvalue weighted by Crippen LogP contribution is 2.22. The summed E-state index contributed by atoms with van der Waals surface area (Å²) < 4.78 is 0. The van der Waals surface area contributed by atoms with Gasteiger partial charge in [-0.1, -0.05) is 19.1 Å². The first-order valence-corrected chi connectivity index (χ1v) is 6.41. The lowest BCUT2D eigenvalue weighted by molar-refractivity contribution is -0.121. The van der Waals surface area contributed by atoms with Crippen molar-refractivity contribution in [2.45, 2.75) is 13.8 Å². The molecule has 1 atom stereocenters. The van der Waals surface area contributed by atoms with Crippen LogP contribution in [0.15, 0.2) is 18.2 Å². The highest BCUT2D eigenvalue weighted by atomic mass is 35.5. The van der Waals surface area contributed by atoms with E-state index in [1.165, 1.54) is 0 Å². The maximum absolute atomic E-state index is 12.1. The minimum atomic E-state index is -0.522. The van der Waals surface area contributed by atoms with E-state index in [9.17, 15) is 9.59 Å². The Hall–Kier alpha value is -1.59. The minimum absolute atomic E-state index is 0. The minimum Gasteiger partial charge on any atom is -0.366 e. The van der Waals surface area contributed by atoms with E-state index in [-0.39, 0.29) is 24.2 Å². The summed E-state index contributed by atoms with van der Waals surface area (Å²) >= 11 is 0. The molecule has 1 aromatic rings. The first kappa shape index (κ1) is 16.5. The van der Waals surface area contributed by atoms with Gasteiger partial charge in [0, 0.05) is 5.92 Å². The summed E-state index contributed by atoms with van der Waals surface area (Å²) in [4.78, 5) is 23.6. The van der Waals surface area contributed by atoms with E-state index in [4.69, 9.17) is 5.73 Å². The number of carbonyl (C=O) groups excluding carboxylic acids is 2. The molecule has 0 aliphatic carbocycles. The molecule has 4 N–H and O–H groups in total. The van der Waals surface area contributed by atoms with Gasteiger partial charge in [0.15, 0.2) is 0 Å². The van der Waals surface area contributed by atoms with Crippen molar-refractivity contribution in [1.82, 2.24) is 5.32 Å². The molecule has 0 spiro atoms. The summed E-state index contributed by atoms with van der Waals surface area (Å²) in [5.74, 6) is -0.310. The third-order valence-corrected chi connectivity index (χ3v) is 3.71. The molecule has 2 amide bonds. The second kappa shape index (κ2) is 6.72. The van der Waals surface area contributed by atoms with Gasteiger partial charge in [0.25, 0.3) is 5.91 Å². The van der Waals surface area contributed by atoms with Crippen molar-refractivity contribution in [2.75, 3.05) is 18.4 Å². The Morgan fingerprint density at radius 3 is 2.55 bits per heavy atom. The van der Waals surface area contributed by atoms with E-state index >= 15 is 0 Å². The number of carbonyl (C=O) groups is 2. The Balaban J connectivity index is 0.00000200. The number of hydrogen-bond acceptors (Lipinski definition) is 3. The number of aryl methyl sites for hydroxylation is 1. The van der Waals surface area contributed by atoms with Gasteiger partial charge in [-0.3, -0.25) is 9.59 Å². The van der Waals surface area contributed by atoms with Crippen LogP contribution in [-0.2, 0) is 4.79 Å². The van der Waals surface area contributed by atoms with Crippen molar-refractivity contribution >= 4 is 29.9 Å². The van der Waals surface area contributed by atoms with Crippen molar-refractivity contribution in [3.8, 4) is 0 Å². The van der Waals surface area contributed by atoms with Crippen LogP contribution >= 0.6 is 12.4 Å². The lowest BCUT2D eigenvalue weighted by Crippen LogP contribution is -2.48. The molecule has 2 rings (SSSR count). The topological polar surface area (TPSA) is 84.2 Å². The predicted molar refractivity (Wildman–Crippen MR) is 81.1 cm³/mol. The second-order valence-electron chi connectivity index (χ2n) is 5.06. The maximum Gasteiger partial charge on any atom is 0.251 e. The van der Waals surface area contributed by atoms with E-state index in [1.54, 1.807) is 25.1 Å². The number of anilines is 1. The molecule has 0 aromatic heterocycles. The molecule has 6 heteroatoms. The van der Waals surface area contributed by atoms with Gasteiger partial charge in [-0.15, -0.1) is 12.4 Å². The van der Waals surface area contributed by atoms with Crippen LogP contribution in [0.25, 0.3) is 0 Å². The number of rotatable bonds is 4. The van der Waals surface area contributed by atoms with Crippen LogP contribution in [-0.4, -0.2) is 24.9 Å². The lowest BCUT2D eigenvalue weighted by atomic mass is 9.88. The van der Waals surface area contributed by atoms with Gasteiger partial charge in [-0.05, 0) is 37.6 Å². The second-order valence-corrected chi connectivity index (χ2v) is 5.06. The molecule has 0 bridgehead atoms. The average molecular weight is 298 g/mol. The molecule has 1 unspecified atom stereocenters. The highest BCUT2D eigenvalue weighted by Gasteiger charge is 2.29. The first-order valence-electron chi connectivity index (χ1n) is 6.41. The number of nitrogens with two attached hydrogens (primary N) is 1. The Morgan fingerprint density at radius 1 is 1.40 bits per heavy atom. The van der Waals surface area contributed by atoms with Gasteiger partial charge in [0.2, 0.25) is 5.91 Å². The Kier molecular flexibility index (Phi) is 5.53. The molecular weight excluding hydrogens is 278 g/mol. The quantitative estimate of drug-likeness (QED) is 0.783. The molecule has 0 radical (unpaired) electrons. The van der Waals surface area contributed by atoms with Crippen LogP contribution in [0.5, 0.6) is 0 Å². The summed E-state index contributed by atoms with van der Waals surface area (Å²) in [6.07, 6.45) is 0. The number of amides is 2. The van der Waals surface area contributed by atoms with Crippen molar-refractivity contribution < 1.29 is 9.59 Å². The molecule has 1 aliphatic heterocycles. The van der Waals surface area contributed by atoms with E-state index in [1.807, 2.05) is 6.92 Å². The number of hydrogen-bond donors (Lipinski definition) is 3. The Labute approximate surface area is 124 Å². The molecule has 1 fully saturated rings. The predicted octanol–water partition coefficient (Wildman–Crippen LogP) is 1.31. The number of halogens is 1. The molecule has 5 nitrogen and oxygen atoms in total. The van der Waals surface area contributed by atoms with Gasteiger partial charge in [-0.25, -0.2) is 0 Å². The van der Waals surface area contributed by atoms with Crippen molar-refractivity contribution in [1.29, 1.82) is 0 Å². The number of benzene rings is 1. The number of nitrogens with one attached hydrogen (secondary N) is 2. The molecular formula is C14H20ClN3O2. The van der Waals surface area contributed by atoms with Crippen molar-refractivity contribution in [3.63, 3.8) is 0 Å². The van der Waals surface area contributed by atoms with Crippen molar-refractivity contribution in [3.05, 3.63) is 29.3 Å². The highest BCUT2D eigenvalue weighted by molar-refractivity contribution is 6.04. The smallest absolute Gasteiger partial charge is 0.251 e. The molecule has 20 heavy (non-hydrogen) atoms. The average Bonchev–Trinajstić information content (AvgIpc) is 2.25. The third kappa shape index (κ3) is 3.29. The van der Waals surface area contributed by atoms with Crippen molar-refractivity contribution in [2.24, 2.45) is 17.6 Å². The summed E-state index contributed by atoms with van der Waals surface area (Å²) in [6, 6.07) is 5.30. The largest absolute Gasteiger partial charge is 0.366 e. The molecule has 1 aliphatic rings. The van der Waals surface area contributed by atoms with Gasteiger partial charge in [-0.2, -0.15) is 0 Å². The van der Waals surface area contributed by atoms with Crippen LogP contribution in [0.3, 0.4) is 0 Å². The van der Waals surface area contributed by atoms with Gasteiger partial charge in [0.05, 0.1) is 11.3 Å². The third-order valence-electron chi connectivity index (χ3n) is 3.71. The standard InChI is InChI=1S/C14H19N3O2.ClH/c1-8-4-3-5-11(12(8)13(15)18)17-14(19)9(2)10-6-16-7-10;/h3-5,9-10,16H,6-7H2,1-2H3,(H2,15,18)(H,17,19);1H. The molecule has 1 heterocycles. The zero-order valence-corrected chi connectivity index (χ0v) is 12.4. The van der Waals surface area contributed by atoms with Gasteiger partial charge < -0.3 is 16.4 Å². The first-order chi connectivity index (χ1) is 9.00. The molecule has 110 valence electrons. The van der Waals surface area contributed by atoms with Gasteiger partial charge >= 0.3 is 0 Å². The normalized spacial score (nSPS) is 15.7. The fraction of sp³-hybridized carbons (Fsp3) is 0.429. The Bertz CT molecular complexity index is 515. The van der Waals surface area contributed by atoms with E-state index in [0.717, 1.165) is 18.7 Å². The van der Waals surface area contributed by atoms with Crippen LogP contribution in [0.4, 0.5) is 5.69 Å². The van der Waals surface area contributed by atoms with Crippen LogP contribution < -0.4 is 16.4 Å². The van der Waals surface area contributed by atoms with Crippen LogP contribution in [0, 0.1) is 18.8 Å². The monoisotopic (exact) mass is 297 g/mol. The summed E-state index contributed by atoms with van der Waals surface area (Å²) in [7, 11) is 0. The Morgan fingerprint density at radius 2 is 2.05 bits per heavy atom. The molecule has 1 aromatic carbocycles. The summed E-state index contributed by atoms with van der Waals surface area (Å²) in [6.45, 7) is 5.44. The van der Waals surface area contributed by atoms with Crippen LogP contribution in [0.1, 0.15) is 22.8 Å². The fourth-order valence-electron chi connectivity index (χ4n) is 2.22. The maximum atomic E-state index is 12.1. The molecule has 0 saturated carbocycles. The summed E-state index contributed by atoms with van der Waals surface area (Å²) in [5, 5.41) is 5.96.